The van der Waals surface area contributed by atoms with E-state index >= 15 is 0 Å². The Bertz CT molecular complexity index is 1300. The largest absolute Gasteiger partial charge is 0.343 e. The fraction of sp³-hybridized carbons (Fsp3) is 0.167. The van der Waals surface area contributed by atoms with Crippen molar-refractivity contribution < 1.29 is 18.0 Å². The van der Waals surface area contributed by atoms with Gasteiger partial charge in [0.1, 0.15) is 4.90 Å². The van der Waals surface area contributed by atoms with Crippen LogP contribution in [0.5, 0.6) is 0 Å². The van der Waals surface area contributed by atoms with Crippen molar-refractivity contribution in [3.63, 3.8) is 0 Å². The van der Waals surface area contributed by atoms with Crippen molar-refractivity contribution in [3.05, 3.63) is 89.0 Å². The zero-order chi connectivity index (χ0) is 22.3. The maximum absolute atomic E-state index is 13.5. The maximum Gasteiger partial charge on any atom is 0.343 e. The molecule has 3 aromatic rings. The Labute approximate surface area is 181 Å². The Hall–Kier alpha value is -3.45. The summed E-state index contributed by atoms with van der Waals surface area (Å²) in [5, 5.41) is 0. The molecule has 2 amide bonds. The highest BCUT2D eigenvalue weighted by Gasteiger charge is 2.42. The number of para-hydroxylation sites is 1. The summed E-state index contributed by atoms with van der Waals surface area (Å²) in [6, 6.07) is 17.8. The van der Waals surface area contributed by atoms with Crippen molar-refractivity contribution in [3.8, 4) is 0 Å². The van der Waals surface area contributed by atoms with E-state index in [-0.39, 0.29) is 22.9 Å². The SMILES string of the molecule is CC(=O)c1ccc(N2C(=O)N(Cc3ccc(C)cc3C)c3ccccc3S2(=O)=O)cc1. The molecule has 0 bridgehead atoms. The molecule has 6 nitrogen and oxygen atoms in total. The van der Waals surface area contributed by atoms with Crippen molar-refractivity contribution in [2.24, 2.45) is 0 Å². The number of carbonyl (C=O) groups is 2. The fourth-order valence-electron chi connectivity index (χ4n) is 3.74. The van der Waals surface area contributed by atoms with Gasteiger partial charge in [0, 0.05) is 5.56 Å². The molecule has 0 atom stereocenters. The second kappa shape index (κ2) is 7.67. The molecule has 1 heterocycles. The number of hydrogen-bond donors (Lipinski definition) is 0. The van der Waals surface area contributed by atoms with Crippen LogP contribution in [0.2, 0.25) is 0 Å². The van der Waals surface area contributed by atoms with Crippen LogP contribution in [0, 0.1) is 13.8 Å². The fourth-order valence-corrected chi connectivity index (χ4v) is 5.33. The third kappa shape index (κ3) is 3.61. The molecule has 0 aromatic heterocycles. The molecule has 7 heteroatoms. The molecule has 0 saturated carbocycles. The number of nitrogens with zero attached hydrogens (tertiary/aromatic N) is 2. The predicted octanol–water partition coefficient (Wildman–Crippen LogP) is 4.84. The van der Waals surface area contributed by atoms with E-state index in [9.17, 15) is 18.0 Å². The molecule has 0 radical (unpaired) electrons. The topological polar surface area (TPSA) is 74.8 Å². The van der Waals surface area contributed by atoms with Gasteiger partial charge in [-0.2, -0.15) is 4.31 Å². The Morgan fingerprint density at radius 1 is 0.935 bits per heavy atom. The van der Waals surface area contributed by atoms with E-state index in [0.717, 1.165) is 21.0 Å². The Balaban J connectivity index is 1.84. The number of sulfonamides is 1. The molecule has 158 valence electrons. The highest BCUT2D eigenvalue weighted by Crippen LogP contribution is 2.38. The summed E-state index contributed by atoms with van der Waals surface area (Å²) in [6.07, 6.45) is 0. The number of carbonyl (C=O) groups excluding carboxylic acids is 2. The van der Waals surface area contributed by atoms with Crippen LogP contribution < -0.4 is 9.21 Å². The van der Waals surface area contributed by atoms with E-state index in [2.05, 4.69) is 0 Å². The van der Waals surface area contributed by atoms with Gasteiger partial charge in [0.15, 0.2) is 5.78 Å². The van der Waals surface area contributed by atoms with Crippen molar-refractivity contribution in [1.29, 1.82) is 0 Å². The number of urea groups is 1. The van der Waals surface area contributed by atoms with Crippen LogP contribution >= 0.6 is 0 Å². The number of fused-ring (bicyclic) bond motifs is 1. The van der Waals surface area contributed by atoms with E-state index in [4.69, 9.17) is 0 Å². The first-order valence-corrected chi connectivity index (χ1v) is 11.3. The lowest BCUT2D eigenvalue weighted by molar-refractivity contribution is 0.101. The van der Waals surface area contributed by atoms with Crippen molar-refractivity contribution in [1.82, 2.24) is 0 Å². The number of Topliss-reactive ketones (excluding diaryl/α,β-unsaturated/α-hetero) is 1. The number of hydrogen-bond acceptors (Lipinski definition) is 4. The average molecular weight is 435 g/mol. The van der Waals surface area contributed by atoms with Gasteiger partial charge in [0.2, 0.25) is 0 Å². The smallest absolute Gasteiger partial charge is 0.295 e. The van der Waals surface area contributed by atoms with E-state index in [1.165, 1.54) is 42.2 Å². The second-order valence-corrected chi connectivity index (χ2v) is 9.39. The predicted molar refractivity (Wildman–Crippen MR) is 120 cm³/mol. The van der Waals surface area contributed by atoms with Crippen molar-refractivity contribution in [2.45, 2.75) is 32.2 Å². The molecule has 0 spiro atoms. The molecular formula is C24H22N2O4S. The molecule has 3 aromatic carbocycles. The lowest BCUT2D eigenvalue weighted by Gasteiger charge is -2.36. The summed E-state index contributed by atoms with van der Waals surface area (Å²) in [7, 11) is -4.10. The summed E-state index contributed by atoms with van der Waals surface area (Å²) in [5.74, 6) is -0.138. The van der Waals surface area contributed by atoms with E-state index < -0.39 is 16.1 Å². The normalized spacial score (nSPS) is 15.0. The van der Waals surface area contributed by atoms with Gasteiger partial charge in [0.25, 0.3) is 10.0 Å². The quantitative estimate of drug-likeness (QED) is 0.551. The summed E-state index contributed by atoms with van der Waals surface area (Å²) >= 11 is 0. The maximum atomic E-state index is 13.5. The average Bonchev–Trinajstić information content (AvgIpc) is 2.73. The van der Waals surface area contributed by atoms with E-state index in [1.807, 2.05) is 32.0 Å². The molecule has 0 N–H and O–H groups in total. The number of amides is 2. The molecule has 4 rings (SSSR count). The summed E-state index contributed by atoms with van der Waals surface area (Å²) in [5.41, 5.74) is 4.05. The van der Waals surface area contributed by atoms with Crippen LogP contribution in [0.4, 0.5) is 16.2 Å². The first-order chi connectivity index (χ1) is 14.7. The molecule has 0 saturated heterocycles. The van der Waals surface area contributed by atoms with Crippen LogP contribution in [0.3, 0.4) is 0 Å². The van der Waals surface area contributed by atoms with Gasteiger partial charge < -0.3 is 0 Å². The summed E-state index contributed by atoms with van der Waals surface area (Å²) in [4.78, 5) is 26.6. The van der Waals surface area contributed by atoms with Gasteiger partial charge in [-0.3, -0.25) is 9.69 Å². The molecule has 1 aliphatic rings. The lowest BCUT2D eigenvalue weighted by Crippen LogP contribution is -2.50. The van der Waals surface area contributed by atoms with Crippen molar-refractivity contribution >= 4 is 33.2 Å². The Morgan fingerprint density at radius 2 is 1.61 bits per heavy atom. The molecule has 0 unspecified atom stereocenters. The van der Waals surface area contributed by atoms with Gasteiger partial charge in [-0.1, -0.05) is 35.9 Å². The van der Waals surface area contributed by atoms with Crippen LogP contribution in [0.15, 0.2) is 71.6 Å². The van der Waals surface area contributed by atoms with Crippen LogP contribution in [-0.2, 0) is 16.6 Å². The summed E-state index contributed by atoms with van der Waals surface area (Å²) in [6.45, 7) is 5.63. The van der Waals surface area contributed by atoms with Crippen LogP contribution in [-0.4, -0.2) is 20.2 Å². The van der Waals surface area contributed by atoms with Gasteiger partial charge in [0.05, 0.1) is 17.9 Å². The summed E-state index contributed by atoms with van der Waals surface area (Å²) < 4.78 is 27.5. The molecule has 0 aliphatic carbocycles. The first kappa shape index (κ1) is 20.8. The third-order valence-corrected chi connectivity index (χ3v) is 7.16. The molecule has 31 heavy (non-hydrogen) atoms. The Kier molecular flexibility index (Phi) is 5.15. The first-order valence-electron chi connectivity index (χ1n) is 9.83. The third-order valence-electron chi connectivity index (χ3n) is 5.41. The second-order valence-electron chi connectivity index (χ2n) is 7.64. The number of benzene rings is 3. The van der Waals surface area contributed by atoms with Crippen LogP contribution in [0.1, 0.15) is 34.0 Å². The minimum atomic E-state index is -4.10. The minimum Gasteiger partial charge on any atom is -0.295 e. The van der Waals surface area contributed by atoms with Crippen molar-refractivity contribution in [2.75, 3.05) is 9.21 Å². The lowest BCUT2D eigenvalue weighted by atomic mass is 10.1. The number of rotatable bonds is 4. The minimum absolute atomic E-state index is 0.0648. The number of anilines is 2. The highest BCUT2D eigenvalue weighted by molar-refractivity contribution is 7.94. The van der Waals surface area contributed by atoms with Gasteiger partial charge in [-0.05, 0) is 68.3 Å². The molecular weight excluding hydrogens is 412 g/mol. The molecule has 0 fully saturated rings. The van der Waals surface area contributed by atoms with E-state index in [0.29, 0.717) is 11.3 Å². The monoisotopic (exact) mass is 434 g/mol. The Morgan fingerprint density at radius 3 is 2.26 bits per heavy atom. The highest BCUT2D eigenvalue weighted by atomic mass is 32.2. The van der Waals surface area contributed by atoms with Gasteiger partial charge >= 0.3 is 6.03 Å². The number of ketones is 1. The zero-order valence-electron chi connectivity index (χ0n) is 17.5. The van der Waals surface area contributed by atoms with Gasteiger partial charge in [-0.15, -0.1) is 0 Å². The van der Waals surface area contributed by atoms with E-state index in [1.54, 1.807) is 18.2 Å². The zero-order valence-corrected chi connectivity index (χ0v) is 18.3. The number of aryl methyl sites for hydroxylation is 2. The van der Waals surface area contributed by atoms with Crippen LogP contribution in [0.25, 0.3) is 0 Å². The van der Waals surface area contributed by atoms with Gasteiger partial charge in [-0.25, -0.2) is 13.2 Å². The standard InChI is InChI=1S/C24H22N2O4S/c1-16-8-9-20(17(2)14-16)15-25-22-6-4-5-7-23(22)31(29,30)26(24(25)28)21-12-10-19(11-13-21)18(3)27/h4-14H,15H2,1-3H3. The molecule has 1 aliphatic heterocycles.